The zero-order chi connectivity index (χ0) is 17.5. The molecule has 2 aliphatic carbocycles. The molecule has 0 heterocycles. The Morgan fingerprint density at radius 3 is 2.31 bits per heavy atom. The summed E-state index contributed by atoms with van der Waals surface area (Å²) >= 11 is 0. The van der Waals surface area contributed by atoms with Gasteiger partial charge in [0, 0.05) is 0 Å². The molecule has 0 atom stereocenters. The standard InChI is InChI=1S/C26H24/c1-18-15-21-17-20-11-5-6-13-23(20)26(25(21)16-18)24-14-8-7-12-22(24)19-9-3-2-4-10-19/h2-4,7-10,12,14-15,17H,5-6,11,13,16H2,1H3. The monoisotopic (exact) mass is 336 g/mol. The normalized spacial score (nSPS) is 15.3. The van der Waals surface area contributed by atoms with Crippen LogP contribution in [0.3, 0.4) is 0 Å². The Hall–Kier alpha value is -2.60. The lowest BCUT2D eigenvalue weighted by atomic mass is 9.80. The van der Waals surface area contributed by atoms with E-state index in [4.69, 9.17) is 0 Å². The molecule has 26 heavy (non-hydrogen) atoms. The fraction of sp³-hybridized carbons (Fsp3) is 0.231. The first kappa shape index (κ1) is 15.6. The highest BCUT2D eigenvalue weighted by Crippen LogP contribution is 2.44. The number of benzene rings is 3. The highest BCUT2D eigenvalue weighted by atomic mass is 14.3. The fourth-order valence-electron chi connectivity index (χ4n) is 4.79. The van der Waals surface area contributed by atoms with Crippen molar-refractivity contribution in [1.82, 2.24) is 0 Å². The Balaban J connectivity index is 1.80. The average Bonchev–Trinajstić information content (AvgIpc) is 3.06. The molecular weight excluding hydrogens is 312 g/mol. The summed E-state index contributed by atoms with van der Waals surface area (Å²) in [6.45, 7) is 2.27. The average molecular weight is 336 g/mol. The van der Waals surface area contributed by atoms with Crippen molar-refractivity contribution in [2.45, 2.75) is 39.0 Å². The van der Waals surface area contributed by atoms with E-state index in [2.05, 4.69) is 73.7 Å². The summed E-state index contributed by atoms with van der Waals surface area (Å²) < 4.78 is 0. The van der Waals surface area contributed by atoms with Gasteiger partial charge in [0.2, 0.25) is 0 Å². The number of rotatable bonds is 2. The molecule has 0 unspecified atom stereocenters. The van der Waals surface area contributed by atoms with Gasteiger partial charge in [0.05, 0.1) is 0 Å². The Morgan fingerprint density at radius 2 is 1.46 bits per heavy atom. The summed E-state index contributed by atoms with van der Waals surface area (Å²) in [7, 11) is 0. The van der Waals surface area contributed by atoms with Crippen LogP contribution in [0.2, 0.25) is 0 Å². The SMILES string of the molecule is CC1=Cc2cc3c(c(-c4ccccc4-c4ccccc4)c2C1)CCCC3. The zero-order valence-electron chi connectivity index (χ0n) is 15.4. The molecule has 0 spiro atoms. The van der Waals surface area contributed by atoms with Crippen molar-refractivity contribution in [1.29, 1.82) is 0 Å². The number of aryl methyl sites for hydroxylation is 1. The van der Waals surface area contributed by atoms with E-state index in [1.165, 1.54) is 59.1 Å². The van der Waals surface area contributed by atoms with Gasteiger partial charge in [-0.25, -0.2) is 0 Å². The quantitative estimate of drug-likeness (QED) is 0.479. The third-order valence-electron chi connectivity index (χ3n) is 5.93. The second-order valence-corrected chi connectivity index (χ2v) is 7.74. The molecule has 128 valence electrons. The predicted molar refractivity (Wildman–Crippen MR) is 111 cm³/mol. The number of allylic oxidation sites excluding steroid dienone is 1. The van der Waals surface area contributed by atoms with Crippen LogP contribution >= 0.6 is 0 Å². The summed E-state index contributed by atoms with van der Waals surface area (Å²) in [6.07, 6.45) is 8.60. The maximum absolute atomic E-state index is 2.48. The van der Waals surface area contributed by atoms with E-state index in [-0.39, 0.29) is 0 Å². The van der Waals surface area contributed by atoms with E-state index in [9.17, 15) is 0 Å². The summed E-state index contributed by atoms with van der Waals surface area (Å²) in [5.74, 6) is 0. The lowest BCUT2D eigenvalue weighted by Gasteiger charge is -2.24. The van der Waals surface area contributed by atoms with Gasteiger partial charge in [0.15, 0.2) is 0 Å². The minimum absolute atomic E-state index is 1.10. The van der Waals surface area contributed by atoms with Crippen LogP contribution in [0.4, 0.5) is 0 Å². The zero-order valence-corrected chi connectivity index (χ0v) is 15.4. The summed E-state index contributed by atoms with van der Waals surface area (Å²) in [4.78, 5) is 0. The highest BCUT2D eigenvalue weighted by molar-refractivity contribution is 5.90. The van der Waals surface area contributed by atoms with E-state index >= 15 is 0 Å². The summed E-state index contributed by atoms with van der Waals surface area (Å²) in [6, 6.07) is 22.3. The smallest absolute Gasteiger partial charge is 0.00543 e. The van der Waals surface area contributed by atoms with E-state index in [0.29, 0.717) is 0 Å². The van der Waals surface area contributed by atoms with Gasteiger partial charge in [-0.2, -0.15) is 0 Å². The fourth-order valence-corrected chi connectivity index (χ4v) is 4.79. The third kappa shape index (κ3) is 2.52. The molecule has 0 fully saturated rings. The van der Waals surface area contributed by atoms with Crippen molar-refractivity contribution >= 4 is 6.08 Å². The van der Waals surface area contributed by atoms with Gasteiger partial charge in [0.1, 0.15) is 0 Å². The van der Waals surface area contributed by atoms with Crippen molar-refractivity contribution in [2.75, 3.05) is 0 Å². The topological polar surface area (TPSA) is 0 Å². The molecule has 0 heteroatoms. The van der Waals surface area contributed by atoms with Crippen LogP contribution in [0.15, 0.2) is 66.2 Å². The number of hydrogen-bond donors (Lipinski definition) is 0. The molecule has 0 aliphatic heterocycles. The Kier molecular flexibility index (Phi) is 3.78. The van der Waals surface area contributed by atoms with Crippen LogP contribution in [0, 0.1) is 0 Å². The Morgan fingerprint density at radius 1 is 0.731 bits per heavy atom. The van der Waals surface area contributed by atoms with E-state index < -0.39 is 0 Å². The Labute approximate surface area is 156 Å². The predicted octanol–water partition coefficient (Wildman–Crippen LogP) is 6.86. The van der Waals surface area contributed by atoms with E-state index in [0.717, 1.165) is 6.42 Å². The van der Waals surface area contributed by atoms with Crippen molar-refractivity contribution in [3.05, 3.63) is 88.5 Å². The maximum Gasteiger partial charge on any atom is -0.00543 e. The molecule has 0 bridgehead atoms. The van der Waals surface area contributed by atoms with Crippen molar-refractivity contribution < 1.29 is 0 Å². The first-order chi connectivity index (χ1) is 12.8. The second-order valence-electron chi connectivity index (χ2n) is 7.74. The lowest BCUT2D eigenvalue weighted by Crippen LogP contribution is -2.08. The first-order valence-electron chi connectivity index (χ1n) is 9.81. The van der Waals surface area contributed by atoms with Crippen molar-refractivity contribution in [3.63, 3.8) is 0 Å². The summed E-state index contributed by atoms with van der Waals surface area (Å²) in [5, 5.41) is 0. The minimum atomic E-state index is 1.10. The minimum Gasteiger partial charge on any atom is -0.0683 e. The molecule has 0 radical (unpaired) electrons. The van der Waals surface area contributed by atoms with Gasteiger partial charge < -0.3 is 0 Å². The van der Waals surface area contributed by atoms with Crippen LogP contribution in [0.1, 0.15) is 42.0 Å². The van der Waals surface area contributed by atoms with Crippen LogP contribution < -0.4 is 0 Å². The Bertz CT molecular complexity index is 1010. The summed E-state index contributed by atoms with van der Waals surface area (Å²) in [5.41, 5.74) is 13.3. The van der Waals surface area contributed by atoms with Gasteiger partial charge >= 0.3 is 0 Å². The van der Waals surface area contributed by atoms with Crippen LogP contribution in [0.25, 0.3) is 28.3 Å². The molecule has 2 aliphatic rings. The van der Waals surface area contributed by atoms with Crippen LogP contribution in [-0.4, -0.2) is 0 Å². The maximum atomic E-state index is 2.48. The molecule has 0 N–H and O–H groups in total. The molecule has 5 rings (SSSR count). The molecule has 0 saturated heterocycles. The first-order valence-corrected chi connectivity index (χ1v) is 9.81. The van der Waals surface area contributed by atoms with Gasteiger partial charge in [0.25, 0.3) is 0 Å². The lowest BCUT2D eigenvalue weighted by molar-refractivity contribution is 0.686. The van der Waals surface area contributed by atoms with E-state index in [1.807, 2.05) is 0 Å². The van der Waals surface area contributed by atoms with Gasteiger partial charge in [-0.1, -0.05) is 72.3 Å². The van der Waals surface area contributed by atoms with Crippen LogP contribution in [-0.2, 0) is 19.3 Å². The number of hydrogen-bond acceptors (Lipinski definition) is 0. The highest BCUT2D eigenvalue weighted by Gasteiger charge is 2.24. The molecule has 0 amide bonds. The molecule has 3 aromatic rings. The van der Waals surface area contributed by atoms with Gasteiger partial charge in [-0.3, -0.25) is 0 Å². The second kappa shape index (κ2) is 6.29. The molecule has 3 aromatic carbocycles. The molecule has 0 nitrogen and oxygen atoms in total. The number of fused-ring (bicyclic) bond motifs is 2. The van der Waals surface area contributed by atoms with Crippen molar-refractivity contribution in [2.24, 2.45) is 0 Å². The molecule has 0 aromatic heterocycles. The molecule has 0 saturated carbocycles. The third-order valence-corrected chi connectivity index (χ3v) is 5.93. The molecular formula is C26H24. The van der Waals surface area contributed by atoms with Crippen LogP contribution in [0.5, 0.6) is 0 Å². The van der Waals surface area contributed by atoms with Gasteiger partial charge in [-0.15, -0.1) is 0 Å². The van der Waals surface area contributed by atoms with Gasteiger partial charge in [-0.05, 0) is 83.5 Å². The van der Waals surface area contributed by atoms with Crippen molar-refractivity contribution in [3.8, 4) is 22.3 Å². The van der Waals surface area contributed by atoms with E-state index in [1.54, 1.807) is 16.7 Å². The largest absolute Gasteiger partial charge is 0.0683 e.